The molecule has 1 heterocycles. The van der Waals surface area contributed by atoms with Crippen molar-refractivity contribution in [3.8, 4) is 0 Å². The Balaban J connectivity index is 2.08. The molecule has 0 saturated carbocycles. The van der Waals surface area contributed by atoms with E-state index in [1.807, 2.05) is 39.0 Å². The smallest absolute Gasteiger partial charge is 0.256 e. The summed E-state index contributed by atoms with van der Waals surface area (Å²) in [5.74, 6) is -0.632. The summed E-state index contributed by atoms with van der Waals surface area (Å²) in [7, 11) is 0. The highest BCUT2D eigenvalue weighted by Crippen LogP contribution is 2.24. The molecule has 4 heteroatoms. The number of anilines is 1. The number of aryl methyl sites for hydroxylation is 3. The maximum absolute atomic E-state index is 13.6. The van der Waals surface area contributed by atoms with Crippen LogP contribution in [0.25, 0.3) is 10.9 Å². The lowest BCUT2D eigenvalue weighted by molar-refractivity contribution is 0.102. The predicted octanol–water partition coefficient (Wildman–Crippen LogP) is 4.81. The molecule has 2 aromatic carbocycles. The molecule has 122 valence electrons. The number of carbonyl (C=O) groups is 1. The second-order valence-corrected chi connectivity index (χ2v) is 5.89. The highest BCUT2D eigenvalue weighted by Gasteiger charge is 2.15. The van der Waals surface area contributed by atoms with Crippen LogP contribution in [-0.4, -0.2) is 10.9 Å². The van der Waals surface area contributed by atoms with E-state index in [0.29, 0.717) is 16.5 Å². The van der Waals surface area contributed by atoms with E-state index >= 15 is 0 Å². The minimum atomic E-state index is -0.382. The van der Waals surface area contributed by atoms with Gasteiger partial charge in [-0.2, -0.15) is 0 Å². The Labute approximate surface area is 140 Å². The van der Waals surface area contributed by atoms with Crippen LogP contribution in [0.3, 0.4) is 0 Å². The lowest BCUT2D eigenvalue weighted by Gasteiger charge is -2.14. The second kappa shape index (κ2) is 6.40. The van der Waals surface area contributed by atoms with Crippen molar-refractivity contribution in [1.29, 1.82) is 0 Å². The zero-order valence-electron chi connectivity index (χ0n) is 14.0. The number of pyridine rings is 1. The number of benzene rings is 2. The van der Waals surface area contributed by atoms with Gasteiger partial charge in [0.1, 0.15) is 5.82 Å². The molecular formula is C20H19FN2O. The molecule has 1 N–H and O–H groups in total. The Morgan fingerprint density at radius 3 is 2.71 bits per heavy atom. The molecule has 24 heavy (non-hydrogen) atoms. The number of carbonyl (C=O) groups excluding carboxylic acids is 1. The molecule has 1 aromatic heterocycles. The van der Waals surface area contributed by atoms with Crippen LogP contribution in [0.4, 0.5) is 10.1 Å². The Morgan fingerprint density at radius 1 is 1.17 bits per heavy atom. The lowest BCUT2D eigenvalue weighted by Crippen LogP contribution is -2.15. The summed E-state index contributed by atoms with van der Waals surface area (Å²) in [5, 5.41) is 3.51. The molecule has 1 amide bonds. The molecule has 0 bridgehead atoms. The quantitative estimate of drug-likeness (QED) is 0.752. The second-order valence-electron chi connectivity index (χ2n) is 5.89. The molecule has 0 aliphatic rings. The Hall–Kier alpha value is -2.75. The van der Waals surface area contributed by atoms with Gasteiger partial charge in [0.25, 0.3) is 5.91 Å². The topological polar surface area (TPSA) is 42.0 Å². The van der Waals surface area contributed by atoms with Gasteiger partial charge in [-0.3, -0.25) is 9.78 Å². The normalized spacial score (nSPS) is 10.8. The highest BCUT2D eigenvalue weighted by molar-refractivity contribution is 6.12. The Bertz CT molecular complexity index is 934. The first-order valence-corrected chi connectivity index (χ1v) is 7.96. The van der Waals surface area contributed by atoms with Crippen molar-refractivity contribution in [3.63, 3.8) is 0 Å². The number of para-hydroxylation sites is 1. The average Bonchev–Trinajstić information content (AvgIpc) is 2.56. The van der Waals surface area contributed by atoms with E-state index in [4.69, 9.17) is 0 Å². The minimum absolute atomic E-state index is 0.250. The van der Waals surface area contributed by atoms with Gasteiger partial charge in [-0.15, -0.1) is 0 Å². The van der Waals surface area contributed by atoms with Crippen LogP contribution >= 0.6 is 0 Å². The van der Waals surface area contributed by atoms with Crippen molar-refractivity contribution in [2.75, 3.05) is 5.32 Å². The molecular weight excluding hydrogens is 303 g/mol. The van der Waals surface area contributed by atoms with Gasteiger partial charge in [0.2, 0.25) is 0 Å². The molecule has 0 fully saturated rings. The van der Waals surface area contributed by atoms with E-state index in [9.17, 15) is 9.18 Å². The minimum Gasteiger partial charge on any atom is -0.321 e. The van der Waals surface area contributed by atoms with Gasteiger partial charge < -0.3 is 5.32 Å². The fourth-order valence-corrected chi connectivity index (χ4v) is 2.90. The van der Waals surface area contributed by atoms with E-state index in [0.717, 1.165) is 28.9 Å². The average molecular weight is 322 g/mol. The fraction of sp³-hybridized carbons (Fsp3) is 0.200. The number of nitrogens with zero attached hydrogens (tertiary/aromatic N) is 1. The monoisotopic (exact) mass is 322 g/mol. The number of rotatable bonds is 3. The molecule has 0 atom stereocenters. The molecule has 0 aliphatic heterocycles. The van der Waals surface area contributed by atoms with Gasteiger partial charge in [0.05, 0.1) is 11.1 Å². The summed E-state index contributed by atoms with van der Waals surface area (Å²) in [4.78, 5) is 17.2. The fourth-order valence-electron chi connectivity index (χ4n) is 2.90. The first kappa shape index (κ1) is 16.1. The van der Waals surface area contributed by atoms with Gasteiger partial charge in [0, 0.05) is 16.8 Å². The highest BCUT2D eigenvalue weighted by atomic mass is 19.1. The first-order valence-electron chi connectivity index (χ1n) is 7.96. The molecule has 3 aromatic rings. The zero-order chi connectivity index (χ0) is 17.3. The van der Waals surface area contributed by atoms with Crippen molar-refractivity contribution < 1.29 is 9.18 Å². The van der Waals surface area contributed by atoms with E-state index in [2.05, 4.69) is 10.3 Å². The molecule has 0 aliphatic carbocycles. The van der Waals surface area contributed by atoms with Crippen LogP contribution in [-0.2, 0) is 6.42 Å². The number of hydrogen-bond donors (Lipinski definition) is 1. The van der Waals surface area contributed by atoms with Crippen LogP contribution < -0.4 is 5.32 Å². The van der Waals surface area contributed by atoms with E-state index in [1.165, 1.54) is 12.1 Å². The van der Waals surface area contributed by atoms with Crippen LogP contribution in [0.1, 0.15) is 34.1 Å². The third-order valence-electron chi connectivity index (χ3n) is 4.12. The molecule has 3 nitrogen and oxygen atoms in total. The van der Waals surface area contributed by atoms with E-state index in [-0.39, 0.29) is 11.7 Å². The number of halogens is 1. The maximum atomic E-state index is 13.6. The summed E-state index contributed by atoms with van der Waals surface area (Å²) in [6.45, 7) is 5.83. The molecule has 0 radical (unpaired) electrons. The number of amides is 1. The van der Waals surface area contributed by atoms with Crippen LogP contribution in [0, 0.1) is 19.7 Å². The van der Waals surface area contributed by atoms with Crippen LogP contribution in [0.5, 0.6) is 0 Å². The van der Waals surface area contributed by atoms with Gasteiger partial charge >= 0.3 is 0 Å². The van der Waals surface area contributed by atoms with Gasteiger partial charge in [0.15, 0.2) is 0 Å². The van der Waals surface area contributed by atoms with Gasteiger partial charge in [-0.1, -0.05) is 25.1 Å². The van der Waals surface area contributed by atoms with Crippen molar-refractivity contribution in [2.45, 2.75) is 27.2 Å². The number of nitrogens with one attached hydrogen (secondary N) is 1. The molecule has 3 rings (SSSR count). The first-order chi connectivity index (χ1) is 11.5. The Kier molecular flexibility index (Phi) is 4.30. The third-order valence-corrected chi connectivity index (χ3v) is 4.12. The van der Waals surface area contributed by atoms with Crippen molar-refractivity contribution >= 4 is 22.5 Å². The summed E-state index contributed by atoms with van der Waals surface area (Å²) < 4.78 is 13.6. The Morgan fingerprint density at radius 2 is 1.96 bits per heavy atom. The number of hydrogen-bond acceptors (Lipinski definition) is 2. The number of aromatic nitrogens is 1. The van der Waals surface area contributed by atoms with Crippen molar-refractivity contribution in [1.82, 2.24) is 4.98 Å². The van der Waals surface area contributed by atoms with Crippen LogP contribution in [0.15, 0.2) is 42.5 Å². The number of fused-ring (bicyclic) bond motifs is 1. The lowest BCUT2D eigenvalue weighted by atomic mass is 10.0. The predicted molar refractivity (Wildman–Crippen MR) is 94.9 cm³/mol. The van der Waals surface area contributed by atoms with E-state index < -0.39 is 0 Å². The summed E-state index contributed by atoms with van der Waals surface area (Å²) in [6.07, 6.45) is 0.821. The molecule has 0 saturated heterocycles. The maximum Gasteiger partial charge on any atom is 0.256 e. The van der Waals surface area contributed by atoms with Gasteiger partial charge in [-0.05, 0) is 55.7 Å². The molecule has 0 unspecified atom stereocenters. The van der Waals surface area contributed by atoms with Crippen molar-refractivity contribution in [2.24, 2.45) is 0 Å². The standard InChI is InChI=1S/C20H19FN2O/c1-4-14-7-5-6-12(2)19(14)23-20(24)17-10-13(3)22-18-9-8-15(21)11-16(17)18/h5-11H,4H2,1-3H3,(H,23,24). The third kappa shape index (κ3) is 3.00. The zero-order valence-corrected chi connectivity index (χ0v) is 14.0. The molecule has 0 spiro atoms. The summed E-state index contributed by atoms with van der Waals surface area (Å²) in [6, 6.07) is 11.9. The van der Waals surface area contributed by atoms with Crippen molar-refractivity contribution in [3.05, 3.63) is 70.7 Å². The SMILES string of the molecule is CCc1cccc(C)c1NC(=O)c1cc(C)nc2ccc(F)cc12. The van der Waals surface area contributed by atoms with Gasteiger partial charge in [-0.25, -0.2) is 4.39 Å². The van der Waals surface area contributed by atoms with Crippen LogP contribution in [0.2, 0.25) is 0 Å². The van der Waals surface area contributed by atoms with E-state index in [1.54, 1.807) is 12.1 Å². The largest absolute Gasteiger partial charge is 0.321 e. The summed E-state index contributed by atoms with van der Waals surface area (Å²) in [5.41, 5.74) is 4.67. The summed E-state index contributed by atoms with van der Waals surface area (Å²) >= 11 is 0.